The molecule has 1 saturated heterocycles. The van der Waals surface area contributed by atoms with Crippen molar-refractivity contribution in [1.82, 2.24) is 0 Å². The molecule has 0 N–H and O–H groups in total. The summed E-state index contributed by atoms with van der Waals surface area (Å²) in [5.74, 6) is 0.531. The Morgan fingerprint density at radius 2 is 1.82 bits per heavy atom. The maximum Gasteiger partial charge on any atom is 0.312 e. The molecule has 0 saturated carbocycles. The highest BCUT2D eigenvalue weighted by molar-refractivity contribution is 8.00. The normalized spacial score (nSPS) is 16.3. The van der Waals surface area contributed by atoms with E-state index >= 15 is 0 Å². The summed E-state index contributed by atoms with van der Waals surface area (Å²) in [6, 6.07) is 14.6. The lowest BCUT2D eigenvalue weighted by Crippen LogP contribution is -2.37. The minimum Gasteiger partial charge on any atom is -0.426 e. The van der Waals surface area contributed by atoms with E-state index in [1.54, 1.807) is 34.1 Å². The van der Waals surface area contributed by atoms with Crippen molar-refractivity contribution in [3.8, 4) is 5.75 Å². The van der Waals surface area contributed by atoms with Crippen LogP contribution in [0.2, 0.25) is 0 Å². The van der Waals surface area contributed by atoms with Crippen molar-refractivity contribution in [2.24, 2.45) is 0 Å². The molecule has 2 aromatic carbocycles. The van der Waals surface area contributed by atoms with Gasteiger partial charge in [-0.3, -0.25) is 14.4 Å². The number of benzene rings is 2. The van der Waals surface area contributed by atoms with Crippen LogP contribution in [0.3, 0.4) is 0 Å². The predicted octanol–water partition coefficient (Wildman–Crippen LogP) is 3.25. The first-order chi connectivity index (χ1) is 13.6. The average Bonchev–Trinajstić information content (AvgIpc) is 3.14. The van der Waals surface area contributed by atoms with Crippen LogP contribution in [0.1, 0.15) is 19.3 Å². The molecule has 0 radical (unpaired) electrons. The summed E-state index contributed by atoms with van der Waals surface area (Å²) in [6.45, 7) is 1.01. The molecule has 0 aromatic heterocycles. The van der Waals surface area contributed by atoms with E-state index in [1.165, 1.54) is 11.8 Å². The second-order valence-corrected chi connectivity index (χ2v) is 7.69. The van der Waals surface area contributed by atoms with Crippen LogP contribution >= 0.6 is 11.8 Å². The molecule has 0 bridgehead atoms. The number of carbonyl (C=O) groups is 3. The van der Waals surface area contributed by atoms with Crippen LogP contribution in [0.25, 0.3) is 0 Å². The molecule has 4 rings (SSSR count). The molecule has 2 aromatic rings. The Hall–Kier alpha value is -2.80. The van der Waals surface area contributed by atoms with Gasteiger partial charge in [0.05, 0.1) is 17.9 Å². The molecule has 2 heterocycles. The minimum absolute atomic E-state index is 0.00358. The molecule has 7 heteroatoms. The molecule has 28 heavy (non-hydrogen) atoms. The third-order valence-corrected chi connectivity index (χ3v) is 5.85. The number of thioether (sulfide) groups is 1. The van der Waals surface area contributed by atoms with E-state index in [1.807, 2.05) is 24.3 Å². The lowest BCUT2D eigenvalue weighted by Gasteiger charge is -2.28. The van der Waals surface area contributed by atoms with E-state index in [-0.39, 0.29) is 24.8 Å². The number of amides is 2. The Morgan fingerprint density at radius 3 is 2.57 bits per heavy atom. The number of fused-ring (bicyclic) bond motifs is 1. The Morgan fingerprint density at radius 1 is 1.04 bits per heavy atom. The van der Waals surface area contributed by atoms with Gasteiger partial charge in [0.1, 0.15) is 5.75 Å². The molecule has 2 aliphatic heterocycles. The molecule has 0 atom stereocenters. The van der Waals surface area contributed by atoms with Crippen molar-refractivity contribution < 1.29 is 19.1 Å². The topological polar surface area (TPSA) is 66.9 Å². The summed E-state index contributed by atoms with van der Waals surface area (Å²) in [4.78, 5) is 40.7. The standard InChI is InChI=1S/C21H20N2O4S/c24-19-6-3-12-22(19)15-7-9-16(10-8-15)27-21(26)11-13-23-17-4-1-2-5-18(17)28-14-20(23)25/h1-2,4-5,7-10H,3,6,11-14H2. The van der Waals surface area contributed by atoms with E-state index in [0.717, 1.165) is 29.2 Å². The third-order valence-electron chi connectivity index (χ3n) is 4.80. The molecule has 0 unspecified atom stereocenters. The van der Waals surface area contributed by atoms with Gasteiger partial charge in [0.25, 0.3) is 0 Å². The minimum atomic E-state index is -0.395. The first-order valence-electron chi connectivity index (χ1n) is 9.25. The van der Waals surface area contributed by atoms with Crippen molar-refractivity contribution in [2.45, 2.75) is 24.2 Å². The van der Waals surface area contributed by atoms with Crippen LogP contribution in [-0.2, 0) is 14.4 Å². The number of ether oxygens (including phenoxy) is 1. The summed E-state index contributed by atoms with van der Waals surface area (Å²) in [7, 11) is 0. The van der Waals surface area contributed by atoms with Crippen molar-refractivity contribution >= 4 is 40.9 Å². The van der Waals surface area contributed by atoms with E-state index < -0.39 is 5.97 Å². The molecule has 0 spiro atoms. The van der Waals surface area contributed by atoms with Gasteiger partial charge in [-0.15, -0.1) is 11.8 Å². The summed E-state index contributed by atoms with van der Waals surface area (Å²) >= 11 is 1.51. The number of esters is 1. The van der Waals surface area contributed by atoms with E-state index in [2.05, 4.69) is 0 Å². The summed E-state index contributed by atoms with van der Waals surface area (Å²) < 4.78 is 5.39. The van der Waals surface area contributed by atoms with Crippen LogP contribution in [0.15, 0.2) is 53.4 Å². The van der Waals surface area contributed by atoms with Crippen LogP contribution < -0.4 is 14.5 Å². The molecule has 6 nitrogen and oxygen atoms in total. The monoisotopic (exact) mass is 396 g/mol. The molecule has 0 aliphatic carbocycles. The van der Waals surface area contributed by atoms with E-state index in [9.17, 15) is 14.4 Å². The van der Waals surface area contributed by atoms with Gasteiger partial charge in [-0.2, -0.15) is 0 Å². The van der Waals surface area contributed by atoms with E-state index in [0.29, 0.717) is 17.9 Å². The number of nitrogens with zero attached hydrogens (tertiary/aromatic N) is 2. The fourth-order valence-electron chi connectivity index (χ4n) is 3.40. The lowest BCUT2D eigenvalue weighted by molar-refractivity contribution is -0.134. The van der Waals surface area contributed by atoms with Gasteiger partial charge in [0.15, 0.2) is 0 Å². The predicted molar refractivity (Wildman–Crippen MR) is 108 cm³/mol. The quantitative estimate of drug-likeness (QED) is 0.573. The van der Waals surface area contributed by atoms with Gasteiger partial charge in [-0.1, -0.05) is 12.1 Å². The Bertz CT molecular complexity index is 913. The first-order valence-corrected chi connectivity index (χ1v) is 10.2. The van der Waals surface area contributed by atoms with Crippen LogP contribution in [0.5, 0.6) is 5.75 Å². The highest BCUT2D eigenvalue weighted by Gasteiger charge is 2.25. The molecular weight excluding hydrogens is 376 g/mol. The fraction of sp³-hybridized carbons (Fsp3) is 0.286. The summed E-state index contributed by atoms with van der Waals surface area (Å²) in [5.41, 5.74) is 1.66. The Kier molecular flexibility index (Phi) is 5.34. The van der Waals surface area contributed by atoms with Crippen LogP contribution in [0.4, 0.5) is 11.4 Å². The number of carbonyl (C=O) groups excluding carboxylic acids is 3. The zero-order valence-corrected chi connectivity index (χ0v) is 16.1. The largest absolute Gasteiger partial charge is 0.426 e. The highest BCUT2D eigenvalue weighted by atomic mass is 32.2. The summed E-state index contributed by atoms with van der Waals surface area (Å²) in [5, 5.41) is 0. The van der Waals surface area contributed by atoms with E-state index in [4.69, 9.17) is 4.74 Å². The number of hydrogen-bond donors (Lipinski definition) is 0. The first kappa shape index (κ1) is 18.6. The van der Waals surface area contributed by atoms with Crippen molar-refractivity contribution in [3.05, 3.63) is 48.5 Å². The maximum absolute atomic E-state index is 12.2. The van der Waals surface area contributed by atoms with Gasteiger partial charge in [-0.05, 0) is 42.8 Å². The summed E-state index contributed by atoms with van der Waals surface area (Å²) in [6.07, 6.45) is 1.55. The molecular formula is C21H20N2O4S. The van der Waals surface area contributed by atoms with Crippen molar-refractivity contribution in [2.75, 3.05) is 28.6 Å². The molecule has 2 amide bonds. The zero-order valence-electron chi connectivity index (χ0n) is 15.3. The average molecular weight is 396 g/mol. The zero-order chi connectivity index (χ0) is 19.5. The smallest absolute Gasteiger partial charge is 0.312 e. The second-order valence-electron chi connectivity index (χ2n) is 6.67. The Balaban J connectivity index is 1.35. The molecule has 144 valence electrons. The second kappa shape index (κ2) is 8.06. The van der Waals surface area contributed by atoms with Crippen LogP contribution in [0, 0.1) is 0 Å². The molecule has 2 aliphatic rings. The third kappa shape index (κ3) is 3.89. The van der Waals surface area contributed by atoms with Gasteiger partial charge in [-0.25, -0.2) is 0 Å². The maximum atomic E-state index is 12.2. The van der Waals surface area contributed by atoms with Gasteiger partial charge < -0.3 is 14.5 Å². The number of rotatable bonds is 5. The van der Waals surface area contributed by atoms with Gasteiger partial charge in [0.2, 0.25) is 11.8 Å². The molecule has 1 fully saturated rings. The number of anilines is 2. The fourth-order valence-corrected chi connectivity index (χ4v) is 4.34. The Labute approximate surface area is 167 Å². The SMILES string of the molecule is O=C(CCN1C(=O)CSc2ccccc21)Oc1ccc(N2CCCC2=O)cc1. The number of para-hydroxylation sites is 1. The van der Waals surface area contributed by atoms with Gasteiger partial charge >= 0.3 is 5.97 Å². The number of hydrogen-bond acceptors (Lipinski definition) is 5. The van der Waals surface area contributed by atoms with Crippen molar-refractivity contribution in [1.29, 1.82) is 0 Å². The van der Waals surface area contributed by atoms with Crippen LogP contribution in [-0.4, -0.2) is 36.6 Å². The highest BCUT2D eigenvalue weighted by Crippen LogP contribution is 2.35. The van der Waals surface area contributed by atoms with Gasteiger partial charge in [0, 0.05) is 30.1 Å². The van der Waals surface area contributed by atoms with Crippen molar-refractivity contribution in [3.63, 3.8) is 0 Å². The lowest BCUT2D eigenvalue weighted by atomic mass is 10.2.